The van der Waals surface area contributed by atoms with Crippen molar-refractivity contribution in [3.05, 3.63) is 124 Å². The van der Waals surface area contributed by atoms with E-state index in [-0.39, 0.29) is 71.5 Å². The van der Waals surface area contributed by atoms with E-state index < -0.39 is 56.3 Å². The summed E-state index contributed by atoms with van der Waals surface area (Å²) in [5.41, 5.74) is -0.980. The van der Waals surface area contributed by atoms with Gasteiger partial charge in [0.05, 0.1) is 54.8 Å². The molecule has 55 heavy (non-hydrogen) atoms. The van der Waals surface area contributed by atoms with Crippen LogP contribution in [0, 0.1) is 19.7 Å². The SMILES string of the molecule is Cc1c(-c2cccc(C(F)(F)F)c2)nc2ccc(F)cc2c1C(=O)O.Cc1c(-c2cccc(C(F)(F)F)c2)nc2ccc(S(=O)(=O)C(C)C)cc2c1C(=O)O. The third kappa shape index (κ3) is 8.13. The third-order valence-corrected chi connectivity index (χ3v) is 10.8. The van der Waals surface area contributed by atoms with Crippen molar-refractivity contribution in [3.8, 4) is 22.5 Å². The summed E-state index contributed by atoms with van der Waals surface area (Å²) in [6, 6.07) is 16.4. The number of fused-ring (bicyclic) bond motifs is 2. The highest BCUT2D eigenvalue weighted by Crippen LogP contribution is 2.37. The first-order valence-corrected chi connectivity index (χ1v) is 17.7. The van der Waals surface area contributed by atoms with Crippen LogP contribution in [0.2, 0.25) is 0 Å². The quantitative estimate of drug-likeness (QED) is 0.159. The number of carbonyl (C=O) groups is 2. The zero-order valence-electron chi connectivity index (χ0n) is 29.1. The predicted molar refractivity (Wildman–Crippen MR) is 190 cm³/mol. The fourth-order valence-corrected chi connectivity index (χ4v) is 7.00. The number of hydrogen-bond acceptors (Lipinski definition) is 6. The maximum atomic E-state index is 13.5. The fraction of sp³-hybridized carbons (Fsp3) is 0.179. The first-order valence-electron chi connectivity index (χ1n) is 16.1. The van der Waals surface area contributed by atoms with E-state index in [0.717, 1.165) is 36.4 Å². The van der Waals surface area contributed by atoms with Gasteiger partial charge in [0.1, 0.15) is 5.82 Å². The second-order valence-electron chi connectivity index (χ2n) is 12.6. The molecule has 0 aliphatic heterocycles. The Kier molecular flexibility index (Phi) is 10.8. The van der Waals surface area contributed by atoms with Gasteiger partial charge in [0.15, 0.2) is 9.84 Å². The van der Waals surface area contributed by atoms with Gasteiger partial charge in [0.2, 0.25) is 0 Å². The Balaban J connectivity index is 0.000000214. The van der Waals surface area contributed by atoms with Crippen LogP contribution in [0.5, 0.6) is 0 Å². The molecule has 8 nitrogen and oxygen atoms in total. The minimum Gasteiger partial charge on any atom is -0.478 e. The highest BCUT2D eigenvalue weighted by atomic mass is 32.2. The van der Waals surface area contributed by atoms with Gasteiger partial charge in [-0.2, -0.15) is 26.3 Å². The van der Waals surface area contributed by atoms with Gasteiger partial charge < -0.3 is 10.2 Å². The van der Waals surface area contributed by atoms with Crippen LogP contribution >= 0.6 is 0 Å². The summed E-state index contributed by atoms with van der Waals surface area (Å²) in [6.07, 6.45) is -9.09. The molecule has 6 aromatic rings. The molecule has 6 rings (SSSR count). The van der Waals surface area contributed by atoms with E-state index in [4.69, 9.17) is 0 Å². The highest BCUT2D eigenvalue weighted by molar-refractivity contribution is 7.92. The van der Waals surface area contributed by atoms with Crippen molar-refractivity contribution in [1.29, 1.82) is 0 Å². The maximum Gasteiger partial charge on any atom is 0.416 e. The van der Waals surface area contributed by atoms with Crippen LogP contribution in [0.15, 0.2) is 89.8 Å². The molecule has 2 heterocycles. The van der Waals surface area contributed by atoms with E-state index in [2.05, 4.69) is 9.97 Å². The van der Waals surface area contributed by atoms with E-state index in [9.17, 15) is 59.0 Å². The Labute approximate surface area is 308 Å². The summed E-state index contributed by atoms with van der Waals surface area (Å²) >= 11 is 0. The number of pyridine rings is 2. The number of alkyl halides is 6. The number of carboxylic acid groups (broad SMARTS) is 2. The van der Waals surface area contributed by atoms with Crippen LogP contribution in [0.4, 0.5) is 30.7 Å². The van der Waals surface area contributed by atoms with Crippen molar-refractivity contribution in [2.45, 2.75) is 50.2 Å². The van der Waals surface area contributed by atoms with Gasteiger partial charge >= 0.3 is 24.3 Å². The zero-order valence-corrected chi connectivity index (χ0v) is 30.0. The average molecular weight is 787 g/mol. The Bertz CT molecular complexity index is 2620. The molecule has 0 saturated carbocycles. The minimum atomic E-state index is -4.56. The van der Waals surface area contributed by atoms with Crippen LogP contribution in [-0.4, -0.2) is 45.8 Å². The maximum absolute atomic E-state index is 13.5. The van der Waals surface area contributed by atoms with E-state index in [1.54, 1.807) is 0 Å². The van der Waals surface area contributed by atoms with Gasteiger partial charge in [-0.3, -0.25) is 0 Å². The molecule has 0 spiro atoms. The molecule has 0 aliphatic carbocycles. The summed E-state index contributed by atoms with van der Waals surface area (Å²) in [4.78, 5) is 32.2. The molecular formula is C39H29F7N2O6S. The van der Waals surface area contributed by atoms with Crippen LogP contribution in [0.3, 0.4) is 0 Å². The molecule has 0 amide bonds. The molecule has 286 valence electrons. The minimum absolute atomic E-state index is 0.0412. The van der Waals surface area contributed by atoms with Crippen molar-refractivity contribution in [1.82, 2.24) is 9.97 Å². The molecule has 0 aliphatic rings. The molecule has 16 heteroatoms. The predicted octanol–water partition coefficient (Wildman–Crippen LogP) is 10.2. The highest BCUT2D eigenvalue weighted by Gasteiger charge is 2.32. The number of rotatable bonds is 6. The molecule has 2 N–H and O–H groups in total. The number of benzene rings is 4. The van der Waals surface area contributed by atoms with E-state index in [1.807, 2.05) is 0 Å². The summed E-state index contributed by atoms with van der Waals surface area (Å²) in [7, 11) is -3.65. The lowest BCUT2D eigenvalue weighted by atomic mass is 9.97. The Morgan fingerprint density at radius 1 is 0.636 bits per heavy atom. The fourth-order valence-electron chi connectivity index (χ4n) is 5.92. The smallest absolute Gasteiger partial charge is 0.416 e. The third-order valence-electron chi connectivity index (χ3n) is 8.69. The van der Waals surface area contributed by atoms with Crippen LogP contribution < -0.4 is 0 Å². The lowest BCUT2D eigenvalue weighted by Crippen LogP contribution is -2.14. The number of nitrogens with zero attached hydrogens (tertiary/aromatic N) is 2. The Hall–Kier alpha value is -5.90. The van der Waals surface area contributed by atoms with E-state index >= 15 is 0 Å². The summed E-state index contributed by atoms with van der Waals surface area (Å²) in [5, 5.41) is 18.7. The van der Waals surface area contributed by atoms with Gasteiger partial charge in [-0.15, -0.1) is 0 Å². The number of carboxylic acids is 2. The molecule has 0 atom stereocenters. The first-order chi connectivity index (χ1) is 25.5. The number of aromatic nitrogens is 2. The van der Waals surface area contributed by atoms with Gasteiger partial charge in [-0.25, -0.2) is 32.4 Å². The van der Waals surface area contributed by atoms with Crippen molar-refractivity contribution < 1.29 is 59.0 Å². The number of halogens is 7. The lowest BCUT2D eigenvalue weighted by Gasteiger charge is -2.15. The van der Waals surface area contributed by atoms with Crippen LogP contribution in [0.25, 0.3) is 44.3 Å². The second-order valence-corrected chi connectivity index (χ2v) is 15.1. The topological polar surface area (TPSA) is 135 Å². The Morgan fingerprint density at radius 3 is 1.45 bits per heavy atom. The summed E-state index contributed by atoms with van der Waals surface area (Å²) in [5.74, 6) is -3.25. The van der Waals surface area contributed by atoms with Gasteiger partial charge in [0, 0.05) is 21.9 Å². The molecule has 0 fully saturated rings. The van der Waals surface area contributed by atoms with Crippen LogP contribution in [0.1, 0.15) is 56.8 Å². The van der Waals surface area contributed by atoms with Gasteiger partial charge in [-0.05, 0) is 99.5 Å². The number of hydrogen-bond donors (Lipinski definition) is 2. The molecule has 0 unspecified atom stereocenters. The van der Waals surface area contributed by atoms with Crippen molar-refractivity contribution in [3.63, 3.8) is 0 Å². The van der Waals surface area contributed by atoms with Crippen molar-refractivity contribution >= 4 is 43.6 Å². The standard InChI is InChI=1S/C21H18F3NO4S.C18H11F4NO2/c1-11(2)30(28,29)15-7-8-17-16(10-15)18(20(26)27)12(3)19(25-17)13-5-4-6-14(9-13)21(22,23)24;1-9-15(17(24)25)13-8-12(19)5-6-14(13)23-16(9)10-3-2-4-11(7-10)18(20,21)22/h4-11H,1-3H3,(H,26,27);2-8H,1H3,(H,24,25). The van der Waals surface area contributed by atoms with Crippen molar-refractivity contribution in [2.75, 3.05) is 0 Å². The van der Waals surface area contributed by atoms with E-state index in [1.165, 1.54) is 76.2 Å². The largest absolute Gasteiger partial charge is 0.478 e. The van der Waals surface area contributed by atoms with E-state index in [0.29, 0.717) is 0 Å². The molecule has 2 aromatic heterocycles. The second kappa shape index (κ2) is 14.7. The zero-order chi connectivity index (χ0) is 40.8. The monoisotopic (exact) mass is 786 g/mol. The molecular weight excluding hydrogens is 757 g/mol. The summed E-state index contributed by atoms with van der Waals surface area (Å²) < 4.78 is 117. The normalized spacial score (nSPS) is 12.1. The Morgan fingerprint density at radius 2 is 1.05 bits per heavy atom. The molecule has 4 aromatic carbocycles. The number of sulfone groups is 1. The van der Waals surface area contributed by atoms with Gasteiger partial charge in [0.25, 0.3) is 0 Å². The average Bonchev–Trinajstić information content (AvgIpc) is 3.10. The van der Waals surface area contributed by atoms with Crippen LogP contribution in [-0.2, 0) is 22.2 Å². The van der Waals surface area contributed by atoms with Crippen molar-refractivity contribution in [2.24, 2.45) is 0 Å². The molecule has 0 bridgehead atoms. The molecule has 0 saturated heterocycles. The first kappa shape index (κ1) is 40.3. The lowest BCUT2D eigenvalue weighted by molar-refractivity contribution is -0.138. The number of aromatic carboxylic acids is 2. The molecule has 0 radical (unpaired) electrons. The van der Waals surface area contributed by atoms with Gasteiger partial charge in [-0.1, -0.05) is 24.3 Å². The summed E-state index contributed by atoms with van der Waals surface area (Å²) in [6.45, 7) is 5.90.